The lowest BCUT2D eigenvalue weighted by atomic mass is 9.35. The van der Waals surface area contributed by atoms with Crippen LogP contribution in [0, 0.1) is 20.8 Å². The lowest BCUT2D eigenvalue weighted by molar-refractivity contribution is 0.589. The Morgan fingerprint density at radius 2 is 1.14 bits per heavy atom. The van der Waals surface area contributed by atoms with E-state index in [1.807, 2.05) is 11.3 Å². The van der Waals surface area contributed by atoms with Crippen molar-refractivity contribution in [1.82, 2.24) is 0 Å². The molecule has 0 fully saturated rings. The van der Waals surface area contributed by atoms with Crippen molar-refractivity contribution < 1.29 is 4.42 Å². The summed E-state index contributed by atoms with van der Waals surface area (Å²) in [6.07, 6.45) is 0. The average Bonchev–Trinajstić information content (AvgIpc) is 3.88. The summed E-state index contributed by atoms with van der Waals surface area (Å²) in [5, 5.41) is 2.43. The number of hydrogen-bond donors (Lipinski definition) is 0. The lowest BCUT2D eigenvalue weighted by Gasteiger charge is -2.44. The molecule has 2 aliphatic rings. The summed E-state index contributed by atoms with van der Waals surface area (Å²) in [6, 6.07) is 53.1. The molecule has 0 bridgehead atoms. The zero-order valence-electron chi connectivity index (χ0n) is 40.6. The molecule has 0 atom stereocenters. The molecule has 0 unspecified atom stereocenters. The molecule has 7 aromatic carbocycles. The maximum Gasteiger partial charge on any atom is 0.297 e. The summed E-state index contributed by atoms with van der Waals surface area (Å²) in [7, 11) is 0. The molecule has 5 heteroatoms. The van der Waals surface area contributed by atoms with Crippen molar-refractivity contribution in [3.63, 3.8) is 0 Å². The monoisotopic (exact) mass is 878 g/mol. The lowest BCUT2D eigenvalue weighted by Crippen LogP contribution is -2.61. The Morgan fingerprint density at radius 1 is 0.500 bits per heavy atom. The standard InChI is InChI=1S/C61H59BN2OS/c1-36-28-50-55-51(29-36)64(56-37(2)30-44(31-38(56)3)61(10,11)12)57-46-35-43(60(7,8)9)24-27-52(46)65-58(57)62(55)47-25-22-41(54-33-40-20-16-17-21-53(40)66-54)32-49(47)63(50)48-26-23-42(59(4,5)6)34-45(48)39-18-14-13-15-19-39/h13-35H,1-12H3. The quantitative estimate of drug-likeness (QED) is 0.164. The van der Waals surface area contributed by atoms with Crippen molar-refractivity contribution in [2.75, 3.05) is 9.80 Å². The molecule has 11 rings (SSSR count). The molecule has 0 saturated heterocycles. The Labute approximate surface area is 395 Å². The average molecular weight is 879 g/mol. The van der Waals surface area contributed by atoms with E-state index >= 15 is 0 Å². The van der Waals surface area contributed by atoms with Gasteiger partial charge in [-0.3, -0.25) is 0 Å². The van der Waals surface area contributed by atoms with Crippen molar-refractivity contribution in [3.05, 3.63) is 173 Å². The van der Waals surface area contributed by atoms with Crippen molar-refractivity contribution in [2.24, 2.45) is 0 Å². The van der Waals surface area contributed by atoms with E-state index < -0.39 is 0 Å². The molecule has 4 heterocycles. The molecule has 2 aliphatic heterocycles. The summed E-state index contributed by atoms with van der Waals surface area (Å²) in [5.74, 6) is 0. The number of anilines is 6. The summed E-state index contributed by atoms with van der Waals surface area (Å²) in [6.45, 7) is 27.5. The van der Waals surface area contributed by atoms with Gasteiger partial charge in [-0.05, 0) is 152 Å². The second kappa shape index (κ2) is 14.9. The third kappa shape index (κ3) is 6.76. The Balaban J connectivity index is 1.26. The summed E-state index contributed by atoms with van der Waals surface area (Å²) >= 11 is 1.86. The van der Waals surface area contributed by atoms with Crippen LogP contribution in [0.5, 0.6) is 0 Å². The Kier molecular flexibility index (Phi) is 9.53. The van der Waals surface area contributed by atoms with E-state index in [1.165, 1.54) is 98.7 Å². The molecule has 0 aliphatic carbocycles. The van der Waals surface area contributed by atoms with Crippen LogP contribution >= 0.6 is 11.3 Å². The molecule has 3 nitrogen and oxygen atoms in total. The maximum atomic E-state index is 7.39. The van der Waals surface area contributed by atoms with Gasteiger partial charge in [0.05, 0.1) is 22.7 Å². The van der Waals surface area contributed by atoms with Crippen molar-refractivity contribution in [2.45, 2.75) is 99.3 Å². The van der Waals surface area contributed by atoms with E-state index in [-0.39, 0.29) is 23.0 Å². The van der Waals surface area contributed by atoms with Gasteiger partial charge in [-0.15, -0.1) is 11.3 Å². The van der Waals surface area contributed by atoms with Gasteiger partial charge in [-0.1, -0.05) is 147 Å². The van der Waals surface area contributed by atoms with E-state index in [0.29, 0.717) is 0 Å². The van der Waals surface area contributed by atoms with Gasteiger partial charge in [0.25, 0.3) is 6.71 Å². The second-order valence-electron chi connectivity index (χ2n) is 22.1. The van der Waals surface area contributed by atoms with E-state index in [0.717, 1.165) is 28.0 Å². The second-order valence-corrected chi connectivity index (χ2v) is 23.2. The van der Waals surface area contributed by atoms with Crippen LogP contribution in [0.2, 0.25) is 0 Å². The fraction of sp³-hybridized carbons (Fsp3) is 0.246. The molecule has 0 saturated carbocycles. The number of rotatable bonds is 4. The minimum absolute atomic E-state index is 0.0105. The van der Waals surface area contributed by atoms with Gasteiger partial charge < -0.3 is 14.2 Å². The van der Waals surface area contributed by atoms with Crippen molar-refractivity contribution >= 4 is 89.8 Å². The molecule has 328 valence electrons. The summed E-state index contributed by atoms with van der Waals surface area (Å²) in [5.41, 5.74) is 22.7. The highest BCUT2D eigenvalue weighted by atomic mass is 32.1. The fourth-order valence-electron chi connectivity index (χ4n) is 10.6. The maximum absolute atomic E-state index is 7.39. The molecule has 0 spiro atoms. The first-order valence-corrected chi connectivity index (χ1v) is 24.4. The van der Waals surface area contributed by atoms with Crippen LogP contribution in [0.3, 0.4) is 0 Å². The number of aryl methyl sites for hydroxylation is 3. The minimum Gasteiger partial charge on any atom is -0.468 e. The van der Waals surface area contributed by atoms with Crippen LogP contribution in [0.1, 0.15) is 95.7 Å². The fourth-order valence-corrected chi connectivity index (χ4v) is 11.7. The highest BCUT2D eigenvalue weighted by Gasteiger charge is 2.48. The normalized spacial score (nSPS) is 13.7. The highest BCUT2D eigenvalue weighted by Crippen LogP contribution is 2.51. The van der Waals surface area contributed by atoms with Gasteiger partial charge in [0.15, 0.2) is 0 Å². The molecule has 0 amide bonds. The minimum atomic E-state index is -0.154. The van der Waals surface area contributed by atoms with E-state index in [9.17, 15) is 0 Å². The molecular weight excluding hydrogens is 820 g/mol. The van der Waals surface area contributed by atoms with E-state index in [2.05, 4.69) is 232 Å². The number of thiophene rings is 1. The highest BCUT2D eigenvalue weighted by molar-refractivity contribution is 7.22. The van der Waals surface area contributed by atoms with Gasteiger partial charge in [-0.2, -0.15) is 0 Å². The largest absolute Gasteiger partial charge is 0.468 e. The van der Waals surface area contributed by atoms with Crippen LogP contribution in [0.15, 0.2) is 144 Å². The van der Waals surface area contributed by atoms with Crippen LogP contribution in [0.25, 0.3) is 42.6 Å². The first kappa shape index (κ1) is 42.3. The topological polar surface area (TPSA) is 19.6 Å². The molecule has 66 heavy (non-hydrogen) atoms. The van der Waals surface area contributed by atoms with Crippen LogP contribution in [-0.4, -0.2) is 6.71 Å². The van der Waals surface area contributed by atoms with Gasteiger partial charge >= 0.3 is 0 Å². The van der Waals surface area contributed by atoms with Crippen LogP contribution < -0.4 is 26.4 Å². The molecule has 2 aromatic heterocycles. The summed E-state index contributed by atoms with van der Waals surface area (Å²) < 4.78 is 8.69. The van der Waals surface area contributed by atoms with Crippen LogP contribution in [0.4, 0.5) is 34.1 Å². The smallest absolute Gasteiger partial charge is 0.297 e. The number of nitrogens with zero attached hydrogens (tertiary/aromatic N) is 2. The van der Waals surface area contributed by atoms with Crippen LogP contribution in [-0.2, 0) is 16.2 Å². The molecule has 0 N–H and O–H groups in total. The van der Waals surface area contributed by atoms with Gasteiger partial charge in [0.1, 0.15) is 5.58 Å². The third-order valence-electron chi connectivity index (χ3n) is 14.2. The number of furan rings is 1. The number of fused-ring (bicyclic) bond motifs is 7. The Bertz CT molecular complexity index is 3370. The van der Waals surface area contributed by atoms with Crippen molar-refractivity contribution in [3.8, 4) is 21.6 Å². The first-order valence-electron chi connectivity index (χ1n) is 23.6. The number of benzene rings is 7. The van der Waals surface area contributed by atoms with E-state index in [1.54, 1.807) is 0 Å². The van der Waals surface area contributed by atoms with Gasteiger partial charge in [0, 0.05) is 37.6 Å². The molecule has 9 aromatic rings. The Hall–Kier alpha value is -6.30. The molecular formula is C61H59BN2OS. The first-order chi connectivity index (χ1) is 31.3. The Morgan fingerprint density at radius 3 is 1.82 bits per heavy atom. The van der Waals surface area contributed by atoms with E-state index in [4.69, 9.17) is 4.42 Å². The molecule has 0 radical (unpaired) electrons. The predicted molar refractivity (Wildman–Crippen MR) is 287 cm³/mol. The van der Waals surface area contributed by atoms with Crippen molar-refractivity contribution in [1.29, 1.82) is 0 Å². The third-order valence-corrected chi connectivity index (χ3v) is 15.3. The van der Waals surface area contributed by atoms with Gasteiger partial charge in [-0.25, -0.2) is 0 Å². The SMILES string of the molecule is Cc1cc2c3c(c1)N(c1c(C)cc(C(C)(C)C)cc1C)c1c(oc4ccc(C(C)(C)C)cc14)B3c1ccc(-c3cc4ccccc4s3)cc1N2c1ccc(C(C)(C)C)cc1-c1ccccc1. The summed E-state index contributed by atoms with van der Waals surface area (Å²) in [4.78, 5) is 6.44. The number of hydrogen-bond acceptors (Lipinski definition) is 4. The van der Waals surface area contributed by atoms with Gasteiger partial charge in [0.2, 0.25) is 0 Å². The predicted octanol–water partition coefficient (Wildman–Crippen LogP) is 15.9. The zero-order chi connectivity index (χ0) is 46.2. The zero-order valence-corrected chi connectivity index (χ0v) is 41.4.